The molecule has 0 unspecified atom stereocenters. The molecule has 0 radical (unpaired) electrons. The van der Waals surface area contributed by atoms with Crippen LogP contribution in [0.1, 0.15) is 29.5 Å². The molecule has 2 aromatic rings. The molecular formula is C22H29IN4O3S. The maximum Gasteiger partial charge on any atom is 0.227 e. The summed E-state index contributed by atoms with van der Waals surface area (Å²) in [5, 5.41) is 6.53. The average Bonchev–Trinajstić information content (AvgIpc) is 3.14. The average molecular weight is 556 g/mol. The van der Waals surface area contributed by atoms with Gasteiger partial charge in [-0.3, -0.25) is 9.79 Å². The Kier molecular flexibility index (Phi) is 9.30. The minimum atomic E-state index is -3.03. The third-order valence-electron chi connectivity index (χ3n) is 4.92. The largest absolute Gasteiger partial charge is 0.352 e. The molecule has 1 aliphatic rings. The monoisotopic (exact) mass is 556 g/mol. The van der Waals surface area contributed by atoms with E-state index in [1.807, 2.05) is 53.4 Å². The first-order chi connectivity index (χ1) is 14.3. The van der Waals surface area contributed by atoms with Crippen molar-refractivity contribution in [2.45, 2.75) is 31.7 Å². The van der Waals surface area contributed by atoms with Crippen LogP contribution in [-0.2, 0) is 33.5 Å². The first-order valence-electron chi connectivity index (χ1n) is 9.93. The Hall–Kier alpha value is -2.14. The Morgan fingerprint density at radius 1 is 0.968 bits per heavy atom. The number of guanidine groups is 1. The highest BCUT2D eigenvalue weighted by Crippen LogP contribution is 2.21. The molecule has 0 spiro atoms. The molecule has 168 valence electrons. The van der Waals surface area contributed by atoms with Crippen molar-refractivity contribution in [3.63, 3.8) is 0 Å². The normalized spacial score (nSPS) is 14.3. The Bertz CT molecular complexity index is 1010. The van der Waals surface area contributed by atoms with Gasteiger partial charge in [0.25, 0.3) is 0 Å². The minimum absolute atomic E-state index is 0. The molecule has 0 atom stereocenters. The Morgan fingerprint density at radius 3 is 1.94 bits per heavy atom. The van der Waals surface area contributed by atoms with Gasteiger partial charge in [-0.05, 0) is 35.2 Å². The maximum atomic E-state index is 11.8. The lowest BCUT2D eigenvalue weighted by Crippen LogP contribution is -2.36. The van der Waals surface area contributed by atoms with E-state index in [0.717, 1.165) is 35.3 Å². The van der Waals surface area contributed by atoms with Crippen LogP contribution in [0.5, 0.6) is 0 Å². The standard InChI is InChI=1S/C22H28N4O3S.HI/c1-23-22(24-14-17-5-7-19(8-6-17)16-30(2,28)29)25-15-18-9-11-20(12-10-18)26-13-3-4-21(26)27;/h5-12H,3-4,13-16H2,1-2H3,(H2,23,24,25);1H. The Morgan fingerprint density at radius 2 is 1.48 bits per heavy atom. The van der Waals surface area contributed by atoms with E-state index in [1.165, 1.54) is 6.26 Å². The summed E-state index contributed by atoms with van der Waals surface area (Å²) in [7, 11) is -1.31. The molecule has 1 fully saturated rings. The molecule has 1 heterocycles. The molecule has 2 N–H and O–H groups in total. The molecule has 2 aromatic carbocycles. The number of carbonyl (C=O) groups excluding carboxylic acids is 1. The van der Waals surface area contributed by atoms with Crippen LogP contribution in [0.25, 0.3) is 0 Å². The second kappa shape index (κ2) is 11.5. The molecule has 1 saturated heterocycles. The lowest BCUT2D eigenvalue weighted by atomic mass is 10.1. The van der Waals surface area contributed by atoms with Gasteiger partial charge >= 0.3 is 0 Å². The molecule has 3 rings (SSSR count). The van der Waals surface area contributed by atoms with Crippen molar-refractivity contribution in [1.29, 1.82) is 0 Å². The summed E-state index contributed by atoms with van der Waals surface area (Å²) in [6.45, 7) is 1.98. The highest BCUT2D eigenvalue weighted by atomic mass is 127. The predicted octanol–water partition coefficient (Wildman–Crippen LogP) is 2.84. The van der Waals surface area contributed by atoms with E-state index in [4.69, 9.17) is 0 Å². The van der Waals surface area contributed by atoms with E-state index in [-0.39, 0.29) is 35.6 Å². The van der Waals surface area contributed by atoms with E-state index >= 15 is 0 Å². The van der Waals surface area contributed by atoms with Gasteiger partial charge in [0.1, 0.15) is 0 Å². The third kappa shape index (κ3) is 7.80. The van der Waals surface area contributed by atoms with Crippen LogP contribution in [-0.4, -0.2) is 40.1 Å². The van der Waals surface area contributed by atoms with Gasteiger partial charge in [-0.25, -0.2) is 8.42 Å². The summed E-state index contributed by atoms with van der Waals surface area (Å²) in [6, 6.07) is 15.5. The van der Waals surface area contributed by atoms with Crippen molar-refractivity contribution in [3.05, 3.63) is 65.2 Å². The van der Waals surface area contributed by atoms with Gasteiger partial charge in [0, 0.05) is 45.0 Å². The summed E-state index contributed by atoms with van der Waals surface area (Å²) >= 11 is 0. The minimum Gasteiger partial charge on any atom is -0.352 e. The predicted molar refractivity (Wildman–Crippen MR) is 135 cm³/mol. The Balaban J connectivity index is 0.00000341. The van der Waals surface area contributed by atoms with Crippen molar-refractivity contribution in [2.75, 3.05) is 24.7 Å². The first-order valence-corrected chi connectivity index (χ1v) is 12.0. The van der Waals surface area contributed by atoms with Crippen LogP contribution in [0.4, 0.5) is 5.69 Å². The van der Waals surface area contributed by atoms with Gasteiger partial charge in [-0.2, -0.15) is 0 Å². The zero-order valence-electron chi connectivity index (χ0n) is 17.8. The summed E-state index contributed by atoms with van der Waals surface area (Å²) in [4.78, 5) is 17.9. The molecule has 0 bridgehead atoms. The molecule has 1 aliphatic heterocycles. The number of nitrogens with one attached hydrogen (secondary N) is 2. The smallest absolute Gasteiger partial charge is 0.227 e. The van der Waals surface area contributed by atoms with Gasteiger partial charge in [0.15, 0.2) is 15.8 Å². The lowest BCUT2D eigenvalue weighted by molar-refractivity contribution is -0.117. The number of amides is 1. The zero-order valence-corrected chi connectivity index (χ0v) is 20.9. The Labute approximate surface area is 201 Å². The van der Waals surface area contributed by atoms with Crippen LogP contribution in [0.15, 0.2) is 53.5 Å². The lowest BCUT2D eigenvalue weighted by Gasteiger charge is -2.16. The van der Waals surface area contributed by atoms with Crippen molar-refractivity contribution in [3.8, 4) is 0 Å². The topological polar surface area (TPSA) is 90.9 Å². The highest BCUT2D eigenvalue weighted by Gasteiger charge is 2.21. The molecule has 0 saturated carbocycles. The van der Waals surface area contributed by atoms with E-state index < -0.39 is 9.84 Å². The van der Waals surface area contributed by atoms with Crippen LogP contribution in [0.3, 0.4) is 0 Å². The summed E-state index contributed by atoms with van der Waals surface area (Å²) < 4.78 is 22.7. The molecule has 0 aromatic heterocycles. The number of anilines is 1. The molecule has 0 aliphatic carbocycles. The number of carbonyl (C=O) groups is 1. The fraction of sp³-hybridized carbons (Fsp3) is 0.364. The fourth-order valence-corrected chi connectivity index (χ4v) is 4.16. The number of hydrogen-bond donors (Lipinski definition) is 2. The SMILES string of the molecule is CN=C(NCc1ccc(CS(C)(=O)=O)cc1)NCc1ccc(N2CCCC2=O)cc1.I. The van der Waals surface area contributed by atoms with Gasteiger partial charge < -0.3 is 15.5 Å². The van der Waals surface area contributed by atoms with Crippen molar-refractivity contribution < 1.29 is 13.2 Å². The van der Waals surface area contributed by atoms with Crippen LogP contribution in [0, 0.1) is 0 Å². The number of nitrogens with zero attached hydrogens (tertiary/aromatic N) is 2. The number of aliphatic imine (C=N–C) groups is 1. The summed E-state index contributed by atoms with van der Waals surface area (Å²) in [5.74, 6) is 0.915. The second-order valence-electron chi connectivity index (χ2n) is 7.48. The molecular weight excluding hydrogens is 527 g/mol. The van der Waals surface area contributed by atoms with Gasteiger partial charge in [-0.15, -0.1) is 24.0 Å². The van der Waals surface area contributed by atoms with E-state index in [1.54, 1.807) is 7.05 Å². The number of benzene rings is 2. The summed E-state index contributed by atoms with van der Waals surface area (Å²) in [6.07, 6.45) is 2.79. The van der Waals surface area contributed by atoms with E-state index in [9.17, 15) is 13.2 Å². The van der Waals surface area contributed by atoms with Gasteiger partial charge in [0.05, 0.1) is 5.75 Å². The van der Waals surface area contributed by atoms with Gasteiger partial charge in [0.2, 0.25) is 5.91 Å². The number of hydrogen-bond acceptors (Lipinski definition) is 4. The first kappa shape index (κ1) is 25.1. The third-order valence-corrected chi connectivity index (χ3v) is 5.77. The number of sulfone groups is 1. The zero-order chi connectivity index (χ0) is 21.6. The maximum absolute atomic E-state index is 11.8. The fourth-order valence-electron chi connectivity index (χ4n) is 3.36. The van der Waals surface area contributed by atoms with Crippen LogP contribution in [0.2, 0.25) is 0 Å². The second-order valence-corrected chi connectivity index (χ2v) is 9.62. The molecule has 31 heavy (non-hydrogen) atoms. The van der Waals surface area contributed by atoms with Crippen LogP contribution < -0.4 is 15.5 Å². The van der Waals surface area contributed by atoms with E-state index in [0.29, 0.717) is 25.5 Å². The molecule has 9 heteroatoms. The van der Waals surface area contributed by atoms with Crippen molar-refractivity contribution in [1.82, 2.24) is 10.6 Å². The highest BCUT2D eigenvalue weighted by molar-refractivity contribution is 14.0. The van der Waals surface area contributed by atoms with Crippen LogP contribution >= 0.6 is 24.0 Å². The van der Waals surface area contributed by atoms with E-state index in [2.05, 4.69) is 15.6 Å². The number of halogens is 1. The quantitative estimate of drug-likeness (QED) is 0.311. The van der Waals surface area contributed by atoms with Crippen molar-refractivity contribution >= 4 is 51.4 Å². The van der Waals surface area contributed by atoms with Crippen molar-refractivity contribution in [2.24, 2.45) is 4.99 Å². The number of rotatable bonds is 7. The molecule has 1 amide bonds. The summed E-state index contributed by atoms with van der Waals surface area (Å²) in [5.41, 5.74) is 3.86. The van der Waals surface area contributed by atoms with Gasteiger partial charge in [-0.1, -0.05) is 36.4 Å². The molecule has 7 nitrogen and oxygen atoms in total.